The molecule has 0 saturated heterocycles. The van der Waals surface area contributed by atoms with Crippen molar-refractivity contribution in [1.29, 1.82) is 5.26 Å². The van der Waals surface area contributed by atoms with Crippen LogP contribution in [-0.2, 0) is 13.5 Å². The van der Waals surface area contributed by atoms with Gasteiger partial charge in [-0.05, 0) is 23.8 Å². The average Bonchev–Trinajstić information content (AvgIpc) is 2.88. The monoisotopic (exact) mass is 314 g/mol. The maximum absolute atomic E-state index is 12.8. The van der Waals surface area contributed by atoms with Gasteiger partial charge in [-0.15, -0.1) is 0 Å². The Kier molecular flexibility index (Phi) is 3.17. The van der Waals surface area contributed by atoms with Gasteiger partial charge in [0, 0.05) is 12.4 Å². The summed E-state index contributed by atoms with van der Waals surface area (Å²) in [6, 6.07) is 17.4. The second-order valence-corrected chi connectivity index (χ2v) is 5.69. The Balaban J connectivity index is 2.08. The van der Waals surface area contributed by atoms with E-state index in [1.807, 2.05) is 48.5 Å². The first-order chi connectivity index (χ1) is 11.7. The molecule has 0 aliphatic rings. The molecule has 5 heteroatoms. The van der Waals surface area contributed by atoms with E-state index in [1.165, 1.54) is 0 Å². The molecule has 0 amide bonds. The van der Waals surface area contributed by atoms with Crippen LogP contribution in [0.15, 0.2) is 59.5 Å². The molecule has 116 valence electrons. The fourth-order valence-corrected chi connectivity index (χ4v) is 3.04. The molecule has 0 spiro atoms. The van der Waals surface area contributed by atoms with Crippen molar-refractivity contribution in [2.75, 3.05) is 0 Å². The fraction of sp³-hybridized carbons (Fsp3) is 0.105. The molecule has 0 atom stereocenters. The van der Waals surface area contributed by atoms with Crippen LogP contribution in [0.25, 0.3) is 27.6 Å². The third-order valence-corrected chi connectivity index (χ3v) is 4.27. The molecule has 0 unspecified atom stereocenters. The van der Waals surface area contributed by atoms with Crippen LogP contribution in [-0.4, -0.2) is 14.1 Å². The number of pyridine rings is 1. The van der Waals surface area contributed by atoms with Crippen LogP contribution >= 0.6 is 0 Å². The molecule has 0 radical (unpaired) electrons. The Hall–Kier alpha value is -3.39. The summed E-state index contributed by atoms with van der Waals surface area (Å²) in [5.74, 6) is 0. The predicted molar refractivity (Wildman–Crippen MR) is 93.1 cm³/mol. The largest absolute Gasteiger partial charge is 0.333 e. The molecule has 4 rings (SSSR count). The minimum absolute atomic E-state index is 0.115. The molecule has 24 heavy (non-hydrogen) atoms. The summed E-state index contributed by atoms with van der Waals surface area (Å²) in [4.78, 5) is 17.2. The van der Waals surface area contributed by atoms with E-state index in [4.69, 9.17) is 5.26 Å². The van der Waals surface area contributed by atoms with Crippen LogP contribution in [0.1, 0.15) is 5.56 Å². The molecule has 2 aromatic carbocycles. The third-order valence-electron chi connectivity index (χ3n) is 4.27. The molecular weight excluding hydrogens is 300 g/mol. The fourth-order valence-electron chi connectivity index (χ4n) is 3.04. The van der Waals surface area contributed by atoms with Crippen molar-refractivity contribution in [2.45, 2.75) is 6.42 Å². The first-order valence-electron chi connectivity index (χ1n) is 7.62. The normalized spacial score (nSPS) is 11.0. The van der Waals surface area contributed by atoms with Crippen molar-refractivity contribution >= 4 is 21.9 Å². The SMILES string of the molecule is Cn1c(=O)n(-c2ccc(CC#N)cc2)c2c3ccccc3ncc21. The minimum atomic E-state index is -0.115. The predicted octanol–water partition coefficient (Wildman–Crippen LogP) is 2.94. The van der Waals surface area contributed by atoms with Gasteiger partial charge < -0.3 is 0 Å². The summed E-state index contributed by atoms with van der Waals surface area (Å²) in [5.41, 5.74) is 4.09. The van der Waals surface area contributed by atoms with Gasteiger partial charge in [-0.3, -0.25) is 14.1 Å². The van der Waals surface area contributed by atoms with E-state index in [0.29, 0.717) is 6.42 Å². The number of hydrogen-bond donors (Lipinski definition) is 0. The van der Waals surface area contributed by atoms with Gasteiger partial charge in [0.25, 0.3) is 0 Å². The lowest BCUT2D eigenvalue weighted by atomic mass is 10.1. The Bertz CT molecular complexity index is 1160. The lowest BCUT2D eigenvalue weighted by Crippen LogP contribution is -2.20. The van der Waals surface area contributed by atoms with E-state index in [-0.39, 0.29) is 5.69 Å². The number of benzene rings is 2. The van der Waals surface area contributed by atoms with Crippen LogP contribution in [0.2, 0.25) is 0 Å². The van der Waals surface area contributed by atoms with Gasteiger partial charge in [-0.25, -0.2) is 4.79 Å². The topological polar surface area (TPSA) is 63.6 Å². The van der Waals surface area contributed by atoms with Crippen LogP contribution in [0, 0.1) is 11.3 Å². The van der Waals surface area contributed by atoms with E-state index in [1.54, 1.807) is 22.4 Å². The van der Waals surface area contributed by atoms with Crippen LogP contribution < -0.4 is 5.69 Å². The second-order valence-electron chi connectivity index (χ2n) is 5.69. The lowest BCUT2D eigenvalue weighted by molar-refractivity contribution is 0.845. The maximum Gasteiger partial charge on any atom is 0.333 e. The zero-order valence-electron chi connectivity index (χ0n) is 13.1. The summed E-state index contributed by atoms with van der Waals surface area (Å²) in [7, 11) is 1.75. The van der Waals surface area contributed by atoms with Gasteiger partial charge >= 0.3 is 5.69 Å². The summed E-state index contributed by atoms with van der Waals surface area (Å²) in [5, 5.41) is 9.74. The summed E-state index contributed by atoms with van der Waals surface area (Å²) >= 11 is 0. The van der Waals surface area contributed by atoms with E-state index >= 15 is 0 Å². The van der Waals surface area contributed by atoms with E-state index in [2.05, 4.69) is 11.1 Å². The number of aromatic nitrogens is 3. The van der Waals surface area contributed by atoms with Crippen LogP contribution in [0.5, 0.6) is 0 Å². The van der Waals surface area contributed by atoms with Crippen molar-refractivity contribution in [3.8, 4) is 11.8 Å². The lowest BCUT2D eigenvalue weighted by Gasteiger charge is -2.06. The van der Waals surface area contributed by atoms with Crippen molar-refractivity contribution in [3.63, 3.8) is 0 Å². The molecule has 0 saturated carbocycles. The van der Waals surface area contributed by atoms with Crippen LogP contribution in [0.4, 0.5) is 0 Å². The van der Waals surface area contributed by atoms with Crippen LogP contribution in [0.3, 0.4) is 0 Å². The standard InChI is InChI=1S/C19H14N4O/c1-22-17-12-21-16-5-3-2-4-15(16)18(17)23(19(22)24)14-8-6-13(7-9-14)10-11-20/h2-9,12H,10H2,1H3. The minimum Gasteiger partial charge on any atom is -0.293 e. The molecule has 0 N–H and O–H groups in total. The number of rotatable bonds is 2. The first kappa shape index (κ1) is 14.2. The van der Waals surface area contributed by atoms with E-state index < -0.39 is 0 Å². The zero-order valence-corrected chi connectivity index (χ0v) is 13.1. The number of hydrogen-bond acceptors (Lipinski definition) is 3. The Labute approximate surface area is 138 Å². The Morgan fingerprint density at radius 3 is 2.62 bits per heavy atom. The molecule has 5 nitrogen and oxygen atoms in total. The van der Waals surface area contributed by atoms with Gasteiger partial charge in [-0.1, -0.05) is 30.3 Å². The van der Waals surface area contributed by atoms with Gasteiger partial charge in [0.15, 0.2) is 0 Å². The van der Waals surface area contributed by atoms with Gasteiger partial charge in [-0.2, -0.15) is 5.26 Å². The number of fused-ring (bicyclic) bond motifs is 3. The third kappa shape index (κ3) is 2.01. The average molecular weight is 314 g/mol. The van der Waals surface area contributed by atoms with Crippen molar-refractivity contribution < 1.29 is 0 Å². The molecule has 0 aliphatic carbocycles. The summed E-state index contributed by atoms with van der Waals surface area (Å²) < 4.78 is 3.31. The zero-order chi connectivity index (χ0) is 16.7. The molecule has 0 fully saturated rings. The number of para-hydroxylation sites is 1. The molecule has 4 aromatic rings. The van der Waals surface area contributed by atoms with Gasteiger partial charge in [0.1, 0.15) is 0 Å². The molecule has 2 heterocycles. The van der Waals surface area contributed by atoms with Crippen molar-refractivity contribution in [1.82, 2.24) is 14.1 Å². The molecule has 0 bridgehead atoms. The van der Waals surface area contributed by atoms with E-state index in [0.717, 1.165) is 33.2 Å². The van der Waals surface area contributed by atoms with Crippen molar-refractivity contribution in [2.24, 2.45) is 7.05 Å². The Morgan fingerprint density at radius 2 is 1.88 bits per heavy atom. The molecular formula is C19H14N4O. The van der Waals surface area contributed by atoms with Gasteiger partial charge in [0.05, 0.1) is 40.9 Å². The summed E-state index contributed by atoms with van der Waals surface area (Å²) in [6.07, 6.45) is 2.09. The molecule has 2 aromatic heterocycles. The number of nitrogens with zero attached hydrogens (tertiary/aromatic N) is 4. The smallest absolute Gasteiger partial charge is 0.293 e. The highest BCUT2D eigenvalue weighted by atomic mass is 16.1. The maximum atomic E-state index is 12.8. The molecule has 0 aliphatic heterocycles. The first-order valence-corrected chi connectivity index (χ1v) is 7.62. The highest BCUT2D eigenvalue weighted by Crippen LogP contribution is 2.25. The van der Waals surface area contributed by atoms with E-state index in [9.17, 15) is 4.79 Å². The van der Waals surface area contributed by atoms with Gasteiger partial charge in [0.2, 0.25) is 0 Å². The highest BCUT2D eigenvalue weighted by molar-refractivity contribution is 6.02. The van der Waals surface area contributed by atoms with Crippen molar-refractivity contribution in [3.05, 3.63) is 70.8 Å². The number of imidazole rings is 1. The number of aryl methyl sites for hydroxylation is 1. The second kappa shape index (κ2) is 5.36. The summed E-state index contributed by atoms with van der Waals surface area (Å²) in [6.45, 7) is 0. The highest BCUT2D eigenvalue weighted by Gasteiger charge is 2.15. The Morgan fingerprint density at radius 1 is 1.12 bits per heavy atom. The number of nitriles is 1. The quantitative estimate of drug-likeness (QED) is 0.571.